The zero-order valence-electron chi connectivity index (χ0n) is 10.4. The average molecular weight is 284 g/mol. The summed E-state index contributed by atoms with van der Waals surface area (Å²) in [5, 5.41) is 0.808. The summed E-state index contributed by atoms with van der Waals surface area (Å²) in [7, 11) is 0. The van der Waals surface area contributed by atoms with Gasteiger partial charge < -0.3 is 0 Å². The van der Waals surface area contributed by atoms with Crippen LogP contribution in [-0.4, -0.2) is 6.26 Å². The Labute approximate surface area is 119 Å². The van der Waals surface area contributed by atoms with Crippen molar-refractivity contribution in [3.8, 4) is 10.4 Å². The van der Waals surface area contributed by atoms with Crippen LogP contribution in [-0.2, 0) is 0 Å². The summed E-state index contributed by atoms with van der Waals surface area (Å²) in [4.78, 5) is 14.4. The van der Waals surface area contributed by atoms with E-state index < -0.39 is 0 Å². The molecule has 1 heterocycles. The van der Waals surface area contributed by atoms with Crippen LogP contribution in [0.5, 0.6) is 0 Å². The third kappa shape index (κ3) is 2.44. The fraction of sp³-hybridized carbons (Fsp3) is 0.0625. The van der Waals surface area contributed by atoms with Gasteiger partial charge >= 0.3 is 0 Å². The monoisotopic (exact) mass is 284 g/mol. The van der Waals surface area contributed by atoms with E-state index in [1.165, 1.54) is 4.90 Å². The van der Waals surface area contributed by atoms with Gasteiger partial charge in [-0.05, 0) is 30.0 Å². The highest BCUT2D eigenvalue weighted by molar-refractivity contribution is 7.98. The predicted molar refractivity (Wildman–Crippen MR) is 85.3 cm³/mol. The second kappa shape index (κ2) is 5.19. The van der Waals surface area contributed by atoms with Gasteiger partial charge in [0.05, 0.1) is 0 Å². The lowest BCUT2D eigenvalue weighted by Gasteiger charge is -2.04. The summed E-state index contributed by atoms with van der Waals surface area (Å²) in [5.41, 5.74) is 1.20. The Balaban J connectivity index is 2.26. The van der Waals surface area contributed by atoms with Gasteiger partial charge in [0.15, 0.2) is 5.43 Å². The van der Waals surface area contributed by atoms with Crippen molar-refractivity contribution in [2.24, 2.45) is 0 Å². The molecule has 3 aromatic rings. The molecular formula is C16H12OS2. The average Bonchev–Trinajstić information content (AvgIpc) is 2.47. The van der Waals surface area contributed by atoms with E-state index in [9.17, 15) is 4.79 Å². The molecule has 0 aliphatic heterocycles. The van der Waals surface area contributed by atoms with E-state index in [1.54, 1.807) is 29.2 Å². The molecule has 1 aromatic heterocycles. The first-order valence-corrected chi connectivity index (χ1v) is 7.99. The van der Waals surface area contributed by atoms with Crippen LogP contribution >= 0.6 is 23.1 Å². The summed E-state index contributed by atoms with van der Waals surface area (Å²) in [6, 6.07) is 17.8. The molecule has 94 valence electrons. The van der Waals surface area contributed by atoms with Crippen LogP contribution in [0.4, 0.5) is 0 Å². The summed E-state index contributed by atoms with van der Waals surface area (Å²) < 4.78 is 1.05. The molecule has 0 aliphatic carbocycles. The molecule has 0 saturated heterocycles. The molecule has 0 radical (unpaired) electrons. The van der Waals surface area contributed by atoms with Crippen LogP contribution in [0.3, 0.4) is 0 Å². The second-order valence-electron chi connectivity index (χ2n) is 4.20. The van der Waals surface area contributed by atoms with Gasteiger partial charge in [-0.15, -0.1) is 23.1 Å². The van der Waals surface area contributed by atoms with E-state index in [1.807, 2.05) is 48.7 Å². The molecule has 0 bridgehead atoms. The van der Waals surface area contributed by atoms with Crippen molar-refractivity contribution in [3.05, 3.63) is 64.8 Å². The van der Waals surface area contributed by atoms with Crippen molar-refractivity contribution in [1.82, 2.24) is 0 Å². The number of hydrogen-bond acceptors (Lipinski definition) is 3. The number of hydrogen-bond donors (Lipinski definition) is 0. The first-order chi connectivity index (χ1) is 9.28. The highest BCUT2D eigenvalue weighted by Gasteiger charge is 2.05. The molecule has 0 saturated carbocycles. The van der Waals surface area contributed by atoms with Crippen molar-refractivity contribution < 1.29 is 0 Å². The Bertz CT molecular complexity index is 776. The molecule has 0 unspecified atom stereocenters. The maximum absolute atomic E-state index is 12.2. The number of benzene rings is 2. The van der Waals surface area contributed by atoms with Crippen molar-refractivity contribution in [2.75, 3.05) is 6.26 Å². The molecular weight excluding hydrogens is 272 g/mol. The quantitative estimate of drug-likeness (QED) is 0.637. The van der Waals surface area contributed by atoms with Crippen LogP contribution < -0.4 is 5.43 Å². The van der Waals surface area contributed by atoms with Gasteiger partial charge in [-0.3, -0.25) is 4.79 Å². The largest absolute Gasteiger partial charge is 0.289 e. The van der Waals surface area contributed by atoms with Crippen LogP contribution in [0, 0.1) is 0 Å². The topological polar surface area (TPSA) is 17.1 Å². The Hall–Kier alpha value is -1.58. The van der Waals surface area contributed by atoms with Crippen LogP contribution in [0.2, 0.25) is 0 Å². The highest BCUT2D eigenvalue weighted by atomic mass is 32.2. The lowest BCUT2D eigenvalue weighted by molar-refractivity contribution is 1.52. The molecule has 0 amide bonds. The third-order valence-electron chi connectivity index (χ3n) is 2.99. The zero-order chi connectivity index (χ0) is 13.2. The molecule has 1 nitrogen and oxygen atoms in total. The summed E-state index contributed by atoms with van der Waals surface area (Å²) in [6.45, 7) is 0. The summed E-state index contributed by atoms with van der Waals surface area (Å²) >= 11 is 3.37. The van der Waals surface area contributed by atoms with E-state index in [0.29, 0.717) is 0 Å². The van der Waals surface area contributed by atoms with E-state index in [-0.39, 0.29) is 5.43 Å². The smallest absolute Gasteiger partial charge is 0.188 e. The van der Waals surface area contributed by atoms with Gasteiger partial charge in [-0.1, -0.05) is 30.3 Å². The first-order valence-electron chi connectivity index (χ1n) is 5.95. The molecule has 19 heavy (non-hydrogen) atoms. The van der Waals surface area contributed by atoms with Crippen molar-refractivity contribution in [2.45, 2.75) is 4.90 Å². The fourth-order valence-corrected chi connectivity index (χ4v) is 3.64. The molecule has 0 N–H and O–H groups in total. The molecule has 0 spiro atoms. The van der Waals surface area contributed by atoms with Gasteiger partial charge in [0, 0.05) is 25.9 Å². The minimum atomic E-state index is 0.0975. The molecule has 2 aromatic carbocycles. The van der Waals surface area contributed by atoms with E-state index in [2.05, 4.69) is 6.07 Å². The second-order valence-corrected chi connectivity index (χ2v) is 6.17. The lowest BCUT2D eigenvalue weighted by atomic mass is 10.2. The number of thioether (sulfide) groups is 1. The SMILES string of the molecule is CSc1ccc2c(=O)cc(-c3ccccc3)sc2c1. The standard InChI is InChI=1S/C16H12OS2/c1-18-12-7-8-13-14(17)10-15(19-16(13)9-12)11-5-3-2-4-6-11/h2-10H,1H3. The van der Waals surface area contributed by atoms with Gasteiger partial charge in [0.2, 0.25) is 0 Å². The maximum Gasteiger partial charge on any atom is 0.188 e. The Morgan fingerprint density at radius 2 is 1.79 bits per heavy atom. The van der Waals surface area contributed by atoms with Gasteiger partial charge in [0.25, 0.3) is 0 Å². The van der Waals surface area contributed by atoms with Gasteiger partial charge in [-0.2, -0.15) is 0 Å². The molecule has 0 aliphatic rings. The normalized spacial score (nSPS) is 10.8. The highest BCUT2D eigenvalue weighted by Crippen LogP contribution is 2.30. The number of rotatable bonds is 2. The van der Waals surface area contributed by atoms with E-state index in [4.69, 9.17) is 0 Å². The number of fused-ring (bicyclic) bond motifs is 1. The molecule has 3 rings (SSSR count). The summed E-state index contributed by atoms with van der Waals surface area (Å²) in [6.07, 6.45) is 2.05. The van der Waals surface area contributed by atoms with Crippen LogP contribution in [0.15, 0.2) is 64.3 Å². The van der Waals surface area contributed by atoms with Crippen molar-refractivity contribution >= 4 is 33.2 Å². The Morgan fingerprint density at radius 3 is 2.53 bits per heavy atom. The fourth-order valence-electron chi connectivity index (χ4n) is 2.01. The molecule has 0 atom stereocenters. The van der Waals surface area contributed by atoms with Crippen LogP contribution in [0.25, 0.3) is 20.5 Å². The first kappa shape index (κ1) is 12.5. The maximum atomic E-state index is 12.2. The van der Waals surface area contributed by atoms with Crippen LogP contribution in [0.1, 0.15) is 0 Å². The Kier molecular flexibility index (Phi) is 3.40. The van der Waals surface area contributed by atoms with Crippen molar-refractivity contribution in [1.29, 1.82) is 0 Å². The van der Waals surface area contributed by atoms with E-state index >= 15 is 0 Å². The van der Waals surface area contributed by atoms with Crippen molar-refractivity contribution in [3.63, 3.8) is 0 Å². The Morgan fingerprint density at radius 1 is 1.00 bits per heavy atom. The minimum Gasteiger partial charge on any atom is -0.289 e. The molecule has 3 heteroatoms. The predicted octanol–water partition coefficient (Wildman–Crippen LogP) is 4.65. The van der Waals surface area contributed by atoms with Gasteiger partial charge in [-0.25, -0.2) is 0 Å². The van der Waals surface area contributed by atoms with E-state index in [0.717, 1.165) is 20.5 Å². The molecule has 0 fully saturated rings. The van der Waals surface area contributed by atoms with Gasteiger partial charge in [0.1, 0.15) is 0 Å². The minimum absolute atomic E-state index is 0.0975. The third-order valence-corrected chi connectivity index (χ3v) is 4.85. The summed E-state index contributed by atoms with van der Waals surface area (Å²) in [5.74, 6) is 0. The lowest BCUT2D eigenvalue weighted by Crippen LogP contribution is -1.98. The zero-order valence-corrected chi connectivity index (χ0v) is 12.1.